The molecule has 278 valence electrons. The Morgan fingerprint density at radius 3 is 1.76 bits per heavy atom. The number of carboxylic acid groups (broad SMARTS) is 1. The van der Waals surface area contributed by atoms with E-state index in [9.17, 15) is 22.8 Å². The first kappa shape index (κ1) is 40.9. The van der Waals surface area contributed by atoms with E-state index in [2.05, 4.69) is 32.1 Å². The number of anilines is 1. The van der Waals surface area contributed by atoms with E-state index in [0.29, 0.717) is 17.9 Å². The van der Waals surface area contributed by atoms with Crippen LogP contribution in [0.15, 0.2) is 65.8 Å². The van der Waals surface area contributed by atoms with E-state index in [4.69, 9.17) is 14.6 Å². The lowest BCUT2D eigenvalue weighted by molar-refractivity contribution is -0.155. The average Bonchev–Trinajstić information content (AvgIpc) is 3.07. The maximum absolute atomic E-state index is 12.8. The van der Waals surface area contributed by atoms with E-state index in [1.165, 1.54) is 69.1 Å². The highest BCUT2D eigenvalue weighted by atomic mass is 32.2. The van der Waals surface area contributed by atoms with Crippen molar-refractivity contribution in [3.8, 4) is 11.5 Å². The number of esters is 1. The third-order valence-electron chi connectivity index (χ3n) is 7.79. The second-order valence-electron chi connectivity index (χ2n) is 13.5. The van der Waals surface area contributed by atoms with Crippen molar-refractivity contribution in [1.29, 1.82) is 0 Å². The summed E-state index contributed by atoms with van der Waals surface area (Å²) in [6.07, 6.45) is 16.7. The number of rotatable bonds is 23. The first-order valence-corrected chi connectivity index (χ1v) is 19.2. The number of aryl methyl sites for hydroxylation is 1. The summed E-state index contributed by atoms with van der Waals surface area (Å²) in [6.45, 7) is 5.62. The molecule has 0 spiro atoms. The number of amides is 1. The smallest absolute Gasteiger partial charge is 0.306 e. The molecule has 3 aromatic rings. The van der Waals surface area contributed by atoms with Gasteiger partial charge in [0.2, 0.25) is 5.82 Å². The molecule has 2 aromatic carbocycles. The number of hydrogen-bond donors (Lipinski definition) is 3. The molecular weight excluding hydrogens is 673 g/mol. The zero-order chi connectivity index (χ0) is 37.1. The molecule has 0 aliphatic carbocycles. The predicted molar refractivity (Wildman–Crippen MR) is 195 cm³/mol. The number of hydrogen-bond acceptors (Lipinski definition) is 9. The van der Waals surface area contributed by atoms with Gasteiger partial charge in [-0.05, 0) is 82.0 Å². The van der Waals surface area contributed by atoms with Crippen LogP contribution in [0.4, 0.5) is 5.69 Å². The van der Waals surface area contributed by atoms with Gasteiger partial charge in [-0.3, -0.25) is 19.1 Å². The van der Waals surface area contributed by atoms with Crippen LogP contribution in [-0.4, -0.2) is 53.5 Å². The maximum Gasteiger partial charge on any atom is 0.306 e. The molecule has 1 amide bonds. The topological polar surface area (TPSA) is 174 Å². The van der Waals surface area contributed by atoms with Gasteiger partial charge >= 0.3 is 11.9 Å². The van der Waals surface area contributed by atoms with Crippen LogP contribution in [0, 0.1) is 0 Å². The molecule has 0 atom stereocenters. The van der Waals surface area contributed by atoms with Crippen LogP contribution in [0.25, 0.3) is 0 Å². The van der Waals surface area contributed by atoms with Crippen LogP contribution in [0.2, 0.25) is 0 Å². The molecule has 51 heavy (non-hydrogen) atoms. The molecule has 0 radical (unpaired) electrons. The molecular formula is C38H52N4O8S. The van der Waals surface area contributed by atoms with Crippen LogP contribution in [0.5, 0.6) is 11.5 Å². The Labute approximate surface area is 301 Å². The number of sulfonamides is 1. The van der Waals surface area contributed by atoms with Gasteiger partial charge in [0, 0.05) is 13.0 Å². The Morgan fingerprint density at radius 2 is 1.24 bits per heavy atom. The summed E-state index contributed by atoms with van der Waals surface area (Å²) in [4.78, 5) is 42.0. The molecule has 0 aliphatic rings. The molecule has 1 heterocycles. The molecule has 0 aliphatic heterocycles. The number of carboxylic acids is 1. The van der Waals surface area contributed by atoms with E-state index in [1.807, 2.05) is 32.9 Å². The Bertz CT molecular complexity index is 1620. The number of aromatic nitrogens is 2. The molecule has 1 aromatic heterocycles. The number of carbonyl (C=O) groups is 3. The summed E-state index contributed by atoms with van der Waals surface area (Å²) < 4.78 is 39.3. The van der Waals surface area contributed by atoms with Crippen LogP contribution in [-0.2, 0) is 30.8 Å². The first-order chi connectivity index (χ1) is 24.3. The van der Waals surface area contributed by atoms with Gasteiger partial charge in [0.15, 0.2) is 0 Å². The molecule has 0 saturated heterocycles. The summed E-state index contributed by atoms with van der Waals surface area (Å²) >= 11 is 0. The van der Waals surface area contributed by atoms with E-state index in [-0.39, 0.29) is 35.3 Å². The third kappa shape index (κ3) is 16.8. The third-order valence-corrected chi connectivity index (χ3v) is 9.19. The van der Waals surface area contributed by atoms with Gasteiger partial charge in [-0.15, -0.1) is 0 Å². The Balaban J connectivity index is 1.27. The molecule has 3 N–H and O–H groups in total. The fourth-order valence-electron chi connectivity index (χ4n) is 5.20. The van der Waals surface area contributed by atoms with Gasteiger partial charge in [0.25, 0.3) is 15.9 Å². The summed E-state index contributed by atoms with van der Waals surface area (Å²) in [5.74, 6) is -0.885. The van der Waals surface area contributed by atoms with Crippen LogP contribution < -0.4 is 14.8 Å². The highest BCUT2D eigenvalue weighted by Gasteiger charge is 2.17. The molecule has 0 unspecified atom stereocenters. The SMILES string of the molecule is CC(C)(C)OC(=O)CCCCCCCCCCCCCc1ccc(Oc2ccc(S(=O)(=O)Nc3cnc(C(=O)NCCC(=O)O)nc3)cc2)cc1. The van der Waals surface area contributed by atoms with E-state index in [1.54, 1.807) is 12.1 Å². The van der Waals surface area contributed by atoms with Crippen molar-refractivity contribution in [3.63, 3.8) is 0 Å². The first-order valence-electron chi connectivity index (χ1n) is 17.7. The van der Waals surface area contributed by atoms with Crippen LogP contribution in [0.3, 0.4) is 0 Å². The van der Waals surface area contributed by atoms with Crippen molar-refractivity contribution in [2.75, 3.05) is 11.3 Å². The van der Waals surface area contributed by atoms with E-state index >= 15 is 0 Å². The molecule has 0 bridgehead atoms. The standard InChI is InChI=1S/C38H52N4O8S/c1-38(2,3)50-35(45)16-14-12-10-8-6-4-5-7-9-11-13-15-29-17-19-31(20-18-29)49-32-21-23-33(24-22-32)51(47,48)42-30-27-40-36(41-28-30)37(46)39-26-25-34(43)44/h17-24,27-28,42H,4-16,25-26H2,1-3H3,(H,39,46)(H,43,44). The number of aliphatic carboxylic acids is 1. The van der Waals surface area contributed by atoms with Gasteiger partial charge in [-0.1, -0.05) is 69.9 Å². The largest absolute Gasteiger partial charge is 0.481 e. The fourth-order valence-corrected chi connectivity index (χ4v) is 6.23. The second kappa shape index (κ2) is 21.0. The van der Waals surface area contributed by atoms with Gasteiger partial charge in [0.1, 0.15) is 17.1 Å². The van der Waals surface area contributed by atoms with Crippen molar-refractivity contribution in [2.45, 2.75) is 121 Å². The van der Waals surface area contributed by atoms with Crippen molar-refractivity contribution in [2.24, 2.45) is 0 Å². The van der Waals surface area contributed by atoms with Crippen molar-refractivity contribution in [1.82, 2.24) is 15.3 Å². The van der Waals surface area contributed by atoms with E-state index < -0.39 is 27.5 Å². The predicted octanol–water partition coefficient (Wildman–Crippen LogP) is 7.84. The number of nitrogens with zero attached hydrogens (tertiary/aromatic N) is 2. The second-order valence-corrected chi connectivity index (χ2v) is 15.2. The highest BCUT2D eigenvalue weighted by molar-refractivity contribution is 7.92. The van der Waals surface area contributed by atoms with Crippen molar-refractivity contribution < 1.29 is 37.4 Å². The lowest BCUT2D eigenvalue weighted by Crippen LogP contribution is -2.27. The zero-order valence-electron chi connectivity index (χ0n) is 30.0. The number of carbonyl (C=O) groups excluding carboxylic acids is 2. The maximum atomic E-state index is 12.8. The summed E-state index contributed by atoms with van der Waals surface area (Å²) in [5, 5.41) is 11.0. The summed E-state index contributed by atoms with van der Waals surface area (Å²) in [7, 11) is -3.96. The summed E-state index contributed by atoms with van der Waals surface area (Å²) in [6, 6.07) is 13.9. The van der Waals surface area contributed by atoms with Crippen molar-refractivity contribution >= 4 is 33.6 Å². The summed E-state index contributed by atoms with van der Waals surface area (Å²) in [5.41, 5.74) is 0.909. The highest BCUT2D eigenvalue weighted by Crippen LogP contribution is 2.25. The lowest BCUT2D eigenvalue weighted by atomic mass is 10.0. The Kier molecular flexibility index (Phi) is 16.8. The number of nitrogens with one attached hydrogen (secondary N) is 2. The number of benzene rings is 2. The molecule has 0 saturated carbocycles. The Morgan fingerprint density at radius 1 is 0.725 bits per heavy atom. The van der Waals surface area contributed by atoms with E-state index in [0.717, 1.165) is 38.1 Å². The number of ether oxygens (including phenoxy) is 2. The fraction of sp³-hybridized carbons (Fsp3) is 0.500. The molecule has 0 fully saturated rings. The van der Waals surface area contributed by atoms with Crippen LogP contribution >= 0.6 is 0 Å². The minimum absolute atomic E-state index is 0.00413. The van der Waals surface area contributed by atoms with Crippen LogP contribution in [0.1, 0.15) is 120 Å². The average molecular weight is 725 g/mol. The monoisotopic (exact) mass is 724 g/mol. The zero-order valence-corrected chi connectivity index (χ0v) is 30.8. The lowest BCUT2D eigenvalue weighted by Gasteiger charge is -2.19. The normalized spacial score (nSPS) is 11.5. The quantitative estimate of drug-likeness (QED) is 0.0646. The van der Waals surface area contributed by atoms with Gasteiger partial charge in [-0.2, -0.15) is 0 Å². The Hall–Kier alpha value is -4.52. The molecule has 3 rings (SSSR count). The van der Waals surface area contributed by atoms with Crippen molar-refractivity contribution in [3.05, 3.63) is 72.3 Å². The van der Waals surface area contributed by atoms with Gasteiger partial charge < -0.3 is 19.9 Å². The molecule has 12 nitrogen and oxygen atoms in total. The van der Waals surface area contributed by atoms with Gasteiger partial charge in [-0.25, -0.2) is 18.4 Å². The minimum atomic E-state index is -3.96. The minimum Gasteiger partial charge on any atom is -0.481 e. The molecule has 13 heteroatoms. The number of unbranched alkanes of at least 4 members (excludes halogenated alkanes) is 10. The van der Waals surface area contributed by atoms with Gasteiger partial charge in [0.05, 0.1) is 29.4 Å².